The lowest BCUT2D eigenvalue weighted by atomic mass is 9.91. The number of amides is 1. The molecule has 0 aliphatic carbocycles. The Kier molecular flexibility index (Phi) is 9.83. The van der Waals surface area contributed by atoms with E-state index in [0.29, 0.717) is 29.5 Å². The monoisotopic (exact) mass is 481 g/mol. The molecule has 0 radical (unpaired) electrons. The molecule has 0 spiro atoms. The Balaban J connectivity index is 2.34. The molecule has 186 valence electrons. The van der Waals surface area contributed by atoms with Crippen molar-refractivity contribution in [2.45, 2.75) is 78.4 Å². The Bertz CT molecular complexity index is 974. The van der Waals surface area contributed by atoms with Gasteiger partial charge in [0.25, 0.3) is 0 Å². The van der Waals surface area contributed by atoms with E-state index in [1.165, 1.54) is 37.3 Å². The van der Waals surface area contributed by atoms with Gasteiger partial charge in [0.15, 0.2) is 0 Å². The second-order valence-corrected chi connectivity index (χ2v) is 8.59. The Morgan fingerprint density at radius 3 is 1.91 bits per heavy atom. The van der Waals surface area contributed by atoms with E-state index in [-0.39, 0.29) is 11.1 Å². The molecule has 0 bridgehead atoms. The minimum atomic E-state index is -4.45. The predicted molar refractivity (Wildman–Crippen MR) is 125 cm³/mol. The van der Waals surface area contributed by atoms with Crippen molar-refractivity contribution >= 4 is 12.0 Å². The summed E-state index contributed by atoms with van der Waals surface area (Å²) in [5.74, 6) is -1.90. The Hall–Kier alpha value is -2.70. The number of hydrogen-bond acceptors (Lipinski definition) is 1. The maximum atomic E-state index is 13.9. The van der Waals surface area contributed by atoms with Crippen LogP contribution in [0.25, 0.3) is 6.08 Å². The number of rotatable bonds is 10. The molecule has 1 amide bonds. The van der Waals surface area contributed by atoms with E-state index in [4.69, 9.17) is 0 Å². The maximum absolute atomic E-state index is 13.9. The van der Waals surface area contributed by atoms with Crippen molar-refractivity contribution in [2.75, 3.05) is 0 Å². The van der Waals surface area contributed by atoms with Gasteiger partial charge in [0.2, 0.25) is 5.91 Å². The molecule has 1 atom stereocenters. The first-order valence-corrected chi connectivity index (χ1v) is 11.6. The van der Waals surface area contributed by atoms with Crippen molar-refractivity contribution < 1.29 is 26.7 Å². The first-order valence-electron chi connectivity index (χ1n) is 11.6. The number of carbonyl (C=O) groups is 1. The third kappa shape index (κ3) is 7.40. The van der Waals surface area contributed by atoms with E-state index in [1.54, 1.807) is 13.0 Å². The molecule has 0 saturated carbocycles. The van der Waals surface area contributed by atoms with Crippen LogP contribution in [0, 0.1) is 18.6 Å². The quantitative estimate of drug-likeness (QED) is 0.272. The molecule has 2 nitrogen and oxygen atoms in total. The summed E-state index contributed by atoms with van der Waals surface area (Å²) in [6, 6.07) is 4.03. The zero-order chi connectivity index (χ0) is 25.5. The van der Waals surface area contributed by atoms with Gasteiger partial charge in [-0.1, -0.05) is 26.7 Å². The van der Waals surface area contributed by atoms with Gasteiger partial charge in [-0.3, -0.25) is 4.79 Å². The predicted octanol–water partition coefficient (Wildman–Crippen LogP) is 7.87. The van der Waals surface area contributed by atoms with Crippen LogP contribution in [0.2, 0.25) is 0 Å². The smallest absolute Gasteiger partial charge is 0.346 e. The van der Waals surface area contributed by atoms with E-state index < -0.39 is 35.3 Å². The standard InChI is InChI=1S/C27H32F5NO/c1-5-7-9-19-13-22(27(30,31)32)14-20(10-8-6-2)23(19)11-12-26(34)33-18(4)21-15-24(28)17(3)25(29)16-21/h11-16,18H,5-10H2,1-4H3,(H,33,34)/b12-11+/t18-/m1/s1. The third-order valence-electron chi connectivity index (χ3n) is 5.84. The van der Waals surface area contributed by atoms with Gasteiger partial charge in [-0.15, -0.1) is 0 Å². The van der Waals surface area contributed by atoms with Crippen LogP contribution >= 0.6 is 0 Å². The summed E-state index contributed by atoms with van der Waals surface area (Å²) in [6.07, 6.45) is 2.41. The zero-order valence-corrected chi connectivity index (χ0v) is 20.1. The molecule has 0 unspecified atom stereocenters. The minimum Gasteiger partial charge on any atom is -0.346 e. The number of hydrogen-bond donors (Lipinski definition) is 1. The second kappa shape index (κ2) is 12.1. The molecule has 2 rings (SSSR count). The van der Waals surface area contributed by atoms with E-state index in [1.807, 2.05) is 13.8 Å². The highest BCUT2D eigenvalue weighted by Crippen LogP contribution is 2.34. The lowest BCUT2D eigenvalue weighted by molar-refractivity contribution is -0.137. The fourth-order valence-electron chi connectivity index (χ4n) is 3.72. The summed E-state index contributed by atoms with van der Waals surface area (Å²) >= 11 is 0. The van der Waals surface area contributed by atoms with Crippen molar-refractivity contribution in [1.82, 2.24) is 5.32 Å². The summed E-state index contributed by atoms with van der Waals surface area (Å²) < 4.78 is 68.2. The lowest BCUT2D eigenvalue weighted by Crippen LogP contribution is -2.25. The van der Waals surface area contributed by atoms with Gasteiger partial charge in [0.05, 0.1) is 11.6 Å². The highest BCUT2D eigenvalue weighted by atomic mass is 19.4. The molecule has 0 aliphatic rings. The van der Waals surface area contributed by atoms with E-state index >= 15 is 0 Å². The van der Waals surface area contributed by atoms with Gasteiger partial charge in [-0.25, -0.2) is 8.78 Å². The number of halogens is 5. The zero-order valence-electron chi connectivity index (χ0n) is 20.1. The van der Waals surface area contributed by atoms with Crippen molar-refractivity contribution in [1.29, 1.82) is 0 Å². The van der Waals surface area contributed by atoms with Gasteiger partial charge in [-0.05, 0) is 92.1 Å². The van der Waals surface area contributed by atoms with Crippen LogP contribution in [0.15, 0.2) is 30.3 Å². The molecule has 1 N–H and O–H groups in total. The molecule has 0 aliphatic heterocycles. The molecule has 2 aromatic carbocycles. The Morgan fingerprint density at radius 1 is 0.971 bits per heavy atom. The lowest BCUT2D eigenvalue weighted by Gasteiger charge is -2.17. The largest absolute Gasteiger partial charge is 0.416 e. The molecule has 34 heavy (non-hydrogen) atoms. The van der Waals surface area contributed by atoms with Crippen LogP contribution in [-0.2, 0) is 23.8 Å². The highest BCUT2D eigenvalue weighted by Gasteiger charge is 2.31. The molecule has 0 fully saturated rings. The van der Waals surface area contributed by atoms with Crippen LogP contribution < -0.4 is 5.32 Å². The van der Waals surface area contributed by atoms with Gasteiger partial charge in [0.1, 0.15) is 11.6 Å². The van der Waals surface area contributed by atoms with E-state index in [0.717, 1.165) is 25.7 Å². The molecule has 7 heteroatoms. The summed E-state index contributed by atoms with van der Waals surface area (Å²) in [7, 11) is 0. The van der Waals surface area contributed by atoms with E-state index in [9.17, 15) is 26.7 Å². The normalized spacial score (nSPS) is 12.9. The van der Waals surface area contributed by atoms with Crippen molar-refractivity contribution in [3.8, 4) is 0 Å². The summed E-state index contributed by atoms with van der Waals surface area (Å²) in [5, 5.41) is 2.66. The number of carbonyl (C=O) groups excluding carboxylic acids is 1. The Morgan fingerprint density at radius 2 is 1.47 bits per heavy atom. The SMILES string of the molecule is CCCCc1cc(C(F)(F)F)cc(CCCC)c1/C=C/C(=O)N[C@H](C)c1cc(F)c(C)c(F)c1. The van der Waals surface area contributed by atoms with Crippen LogP contribution in [0.5, 0.6) is 0 Å². The van der Waals surface area contributed by atoms with Gasteiger partial charge >= 0.3 is 6.18 Å². The summed E-state index contributed by atoms with van der Waals surface area (Å²) in [4.78, 5) is 12.5. The van der Waals surface area contributed by atoms with Crippen LogP contribution in [0.1, 0.15) is 85.9 Å². The van der Waals surface area contributed by atoms with Gasteiger partial charge in [0, 0.05) is 11.6 Å². The average molecular weight is 482 g/mol. The van der Waals surface area contributed by atoms with Crippen molar-refractivity contribution in [3.05, 3.63) is 75.4 Å². The van der Waals surface area contributed by atoms with Crippen molar-refractivity contribution in [2.24, 2.45) is 0 Å². The van der Waals surface area contributed by atoms with E-state index in [2.05, 4.69) is 5.32 Å². The second-order valence-electron chi connectivity index (χ2n) is 8.59. The number of benzene rings is 2. The van der Waals surface area contributed by atoms with Crippen LogP contribution in [0.4, 0.5) is 22.0 Å². The molecule has 0 saturated heterocycles. The van der Waals surface area contributed by atoms with Crippen LogP contribution in [0.3, 0.4) is 0 Å². The topological polar surface area (TPSA) is 29.1 Å². The molecule has 2 aromatic rings. The number of alkyl halides is 3. The van der Waals surface area contributed by atoms with Gasteiger partial charge in [-0.2, -0.15) is 13.2 Å². The highest BCUT2D eigenvalue weighted by molar-refractivity contribution is 5.92. The number of nitrogens with one attached hydrogen (secondary N) is 1. The van der Waals surface area contributed by atoms with Crippen LogP contribution in [-0.4, -0.2) is 5.91 Å². The number of unbranched alkanes of at least 4 members (excludes halogenated alkanes) is 2. The van der Waals surface area contributed by atoms with Gasteiger partial charge < -0.3 is 5.32 Å². The summed E-state index contributed by atoms with van der Waals surface area (Å²) in [6.45, 7) is 6.86. The summed E-state index contributed by atoms with van der Waals surface area (Å²) in [5.41, 5.74) is 1.26. The fraction of sp³-hybridized carbons (Fsp3) is 0.444. The molecular weight excluding hydrogens is 449 g/mol. The first-order chi connectivity index (χ1) is 16.0. The first kappa shape index (κ1) is 27.5. The third-order valence-corrected chi connectivity index (χ3v) is 5.84. The average Bonchev–Trinajstić information content (AvgIpc) is 2.77. The minimum absolute atomic E-state index is 0.0938. The molecule has 0 heterocycles. The molecule has 0 aromatic heterocycles. The maximum Gasteiger partial charge on any atom is 0.416 e. The van der Waals surface area contributed by atoms with Crippen molar-refractivity contribution in [3.63, 3.8) is 0 Å². The number of aryl methyl sites for hydroxylation is 2. The fourth-order valence-corrected chi connectivity index (χ4v) is 3.72. The Labute approximate surface area is 198 Å². The molecular formula is C27H32F5NO.